The van der Waals surface area contributed by atoms with Gasteiger partial charge in [0, 0.05) is 52.2 Å². The summed E-state index contributed by atoms with van der Waals surface area (Å²) in [4.78, 5) is 51.0. The van der Waals surface area contributed by atoms with E-state index in [4.69, 9.17) is 9.90 Å². The van der Waals surface area contributed by atoms with Gasteiger partial charge in [-0.1, -0.05) is 6.07 Å². The van der Waals surface area contributed by atoms with Crippen LogP contribution < -0.4 is 0 Å². The van der Waals surface area contributed by atoms with Gasteiger partial charge in [-0.05, 0) is 11.4 Å². The molecule has 0 bridgehead atoms. The predicted molar refractivity (Wildman–Crippen MR) is 103 cm³/mol. The van der Waals surface area contributed by atoms with Crippen molar-refractivity contribution >= 4 is 35.1 Å². The quantitative estimate of drug-likeness (QED) is 0.671. The second-order valence-corrected chi connectivity index (χ2v) is 8.09. The van der Waals surface area contributed by atoms with Crippen molar-refractivity contribution in [1.29, 1.82) is 0 Å². The molecule has 172 valence electrons. The summed E-state index contributed by atoms with van der Waals surface area (Å²) in [7, 11) is 0. The molecular weight excluding hydrogens is 443 g/mol. The number of amides is 2. The lowest BCUT2D eigenvalue weighted by molar-refractivity contribution is -0.192. The molecule has 0 saturated carbocycles. The number of carbonyl (C=O) groups excluding carboxylic acids is 2. The van der Waals surface area contributed by atoms with Crippen LogP contribution in [-0.4, -0.2) is 100 Å². The minimum atomic E-state index is -5.08. The standard InChI is InChI=1S/C16H21N3O4S.C2HF3O2/c1-11(20)19-8-12(16(22)23)7-17-4-5-18(9-13(17)10-19)15(21)14-3-2-6-24-14;3-2(4,5)1(6)7/h2-3,6,12-13H,4-5,7-10H2,1H3,(H,22,23);(H,6,7). The Bertz CT molecular complexity index is 817. The average molecular weight is 465 g/mol. The first-order chi connectivity index (χ1) is 14.4. The number of alkyl halides is 3. The molecular formula is C18H22F3N3O6S. The third-order valence-corrected chi connectivity index (χ3v) is 5.85. The van der Waals surface area contributed by atoms with E-state index in [1.54, 1.807) is 4.90 Å². The molecule has 2 aliphatic heterocycles. The van der Waals surface area contributed by atoms with E-state index in [-0.39, 0.29) is 24.4 Å². The van der Waals surface area contributed by atoms with Crippen LogP contribution in [-0.2, 0) is 14.4 Å². The fourth-order valence-corrected chi connectivity index (χ4v) is 4.09. The molecule has 3 heterocycles. The van der Waals surface area contributed by atoms with Crippen molar-refractivity contribution in [3.63, 3.8) is 0 Å². The van der Waals surface area contributed by atoms with E-state index in [0.29, 0.717) is 37.6 Å². The number of carboxylic acids is 2. The fraction of sp³-hybridized carbons (Fsp3) is 0.556. The molecule has 2 unspecified atom stereocenters. The zero-order valence-corrected chi connectivity index (χ0v) is 17.4. The largest absolute Gasteiger partial charge is 0.490 e. The van der Waals surface area contributed by atoms with Gasteiger partial charge in [0.15, 0.2) is 0 Å². The van der Waals surface area contributed by atoms with E-state index in [0.717, 1.165) is 0 Å². The Labute approximate surface area is 179 Å². The van der Waals surface area contributed by atoms with E-state index in [1.165, 1.54) is 18.3 Å². The molecule has 0 aliphatic carbocycles. The number of halogens is 3. The minimum absolute atomic E-state index is 0.0121. The highest BCUT2D eigenvalue weighted by molar-refractivity contribution is 7.12. The first kappa shape index (κ1) is 24.6. The van der Waals surface area contributed by atoms with Gasteiger partial charge in [0.25, 0.3) is 5.91 Å². The van der Waals surface area contributed by atoms with Gasteiger partial charge in [-0.15, -0.1) is 11.3 Å². The molecule has 0 aromatic carbocycles. The third kappa shape index (κ3) is 6.66. The van der Waals surface area contributed by atoms with Gasteiger partial charge in [-0.2, -0.15) is 13.2 Å². The van der Waals surface area contributed by atoms with Crippen molar-refractivity contribution in [1.82, 2.24) is 14.7 Å². The Morgan fingerprint density at radius 3 is 2.13 bits per heavy atom. The van der Waals surface area contributed by atoms with Gasteiger partial charge in [0.05, 0.1) is 10.8 Å². The summed E-state index contributed by atoms with van der Waals surface area (Å²) in [5.74, 6) is -4.33. The van der Waals surface area contributed by atoms with Crippen molar-refractivity contribution < 1.29 is 42.6 Å². The zero-order valence-electron chi connectivity index (χ0n) is 16.5. The maximum Gasteiger partial charge on any atom is 0.490 e. The number of hydrogen-bond donors (Lipinski definition) is 2. The summed E-state index contributed by atoms with van der Waals surface area (Å²) in [6, 6.07) is 3.65. The topological polar surface area (TPSA) is 118 Å². The summed E-state index contributed by atoms with van der Waals surface area (Å²) in [6.07, 6.45) is -5.08. The molecule has 2 atom stereocenters. The van der Waals surface area contributed by atoms with Gasteiger partial charge in [-0.25, -0.2) is 4.79 Å². The lowest BCUT2D eigenvalue weighted by Crippen LogP contribution is -2.57. The molecule has 2 amide bonds. The Kier molecular flexibility index (Phi) is 8.01. The number of nitrogens with zero attached hydrogens (tertiary/aromatic N) is 3. The van der Waals surface area contributed by atoms with Crippen molar-refractivity contribution in [3.8, 4) is 0 Å². The van der Waals surface area contributed by atoms with Crippen LogP contribution in [0.25, 0.3) is 0 Å². The van der Waals surface area contributed by atoms with Crippen molar-refractivity contribution in [2.24, 2.45) is 5.92 Å². The van der Waals surface area contributed by atoms with Crippen molar-refractivity contribution in [2.45, 2.75) is 19.1 Å². The number of thiophene rings is 1. The van der Waals surface area contributed by atoms with Gasteiger partial charge < -0.3 is 20.0 Å². The van der Waals surface area contributed by atoms with E-state index in [9.17, 15) is 32.7 Å². The molecule has 2 fully saturated rings. The van der Waals surface area contributed by atoms with Crippen LogP contribution >= 0.6 is 11.3 Å². The van der Waals surface area contributed by atoms with Gasteiger partial charge in [0.1, 0.15) is 0 Å². The number of hydrogen-bond acceptors (Lipinski definition) is 6. The van der Waals surface area contributed by atoms with E-state index < -0.39 is 24.0 Å². The maximum atomic E-state index is 12.6. The molecule has 0 spiro atoms. The van der Waals surface area contributed by atoms with Gasteiger partial charge >= 0.3 is 18.1 Å². The van der Waals surface area contributed by atoms with Crippen LogP contribution in [0, 0.1) is 5.92 Å². The number of aliphatic carboxylic acids is 2. The van der Waals surface area contributed by atoms with Crippen LogP contribution in [0.4, 0.5) is 13.2 Å². The summed E-state index contributed by atoms with van der Waals surface area (Å²) < 4.78 is 31.7. The molecule has 2 saturated heterocycles. The first-order valence-electron chi connectivity index (χ1n) is 9.25. The summed E-state index contributed by atoms with van der Waals surface area (Å²) in [6.45, 7) is 4.32. The number of carbonyl (C=O) groups is 4. The average Bonchev–Trinajstić information content (AvgIpc) is 3.13. The molecule has 1 aromatic rings. The molecule has 0 radical (unpaired) electrons. The predicted octanol–water partition coefficient (Wildman–Crippen LogP) is 1.07. The highest BCUT2D eigenvalue weighted by atomic mass is 32.1. The fourth-order valence-electron chi connectivity index (χ4n) is 3.40. The summed E-state index contributed by atoms with van der Waals surface area (Å²) in [5.41, 5.74) is 0. The Morgan fingerprint density at radius 1 is 1.03 bits per heavy atom. The zero-order chi connectivity index (χ0) is 23.3. The summed E-state index contributed by atoms with van der Waals surface area (Å²) in [5, 5.41) is 18.4. The number of piperazine rings is 1. The van der Waals surface area contributed by atoms with Crippen molar-refractivity contribution in [2.75, 3.05) is 39.3 Å². The summed E-state index contributed by atoms with van der Waals surface area (Å²) >= 11 is 1.42. The van der Waals surface area contributed by atoms with E-state index >= 15 is 0 Å². The monoisotopic (exact) mass is 465 g/mol. The Hall–Kier alpha value is -2.67. The molecule has 2 N–H and O–H groups in total. The highest BCUT2D eigenvalue weighted by Crippen LogP contribution is 2.21. The second-order valence-electron chi connectivity index (χ2n) is 7.14. The molecule has 1 aromatic heterocycles. The second kappa shape index (κ2) is 10.1. The molecule has 13 heteroatoms. The van der Waals surface area contributed by atoms with Gasteiger partial charge in [0.2, 0.25) is 5.91 Å². The Morgan fingerprint density at radius 2 is 1.65 bits per heavy atom. The van der Waals surface area contributed by atoms with E-state index in [2.05, 4.69) is 4.90 Å². The molecule has 9 nitrogen and oxygen atoms in total. The molecule has 31 heavy (non-hydrogen) atoms. The van der Waals surface area contributed by atoms with E-state index in [1.807, 2.05) is 22.4 Å². The van der Waals surface area contributed by atoms with Crippen LogP contribution in [0.5, 0.6) is 0 Å². The Balaban J connectivity index is 0.000000423. The minimum Gasteiger partial charge on any atom is -0.481 e. The smallest absolute Gasteiger partial charge is 0.481 e. The molecule has 3 rings (SSSR count). The normalized spacial score (nSPS) is 21.9. The number of fused-ring (bicyclic) bond motifs is 1. The van der Waals surface area contributed by atoms with Crippen molar-refractivity contribution in [3.05, 3.63) is 22.4 Å². The number of carboxylic acid groups (broad SMARTS) is 2. The third-order valence-electron chi connectivity index (χ3n) is 4.99. The van der Waals surface area contributed by atoms with Gasteiger partial charge in [-0.3, -0.25) is 19.3 Å². The highest BCUT2D eigenvalue weighted by Gasteiger charge is 2.39. The lowest BCUT2D eigenvalue weighted by atomic mass is 10.1. The van der Waals surface area contributed by atoms with Crippen LogP contribution in [0.1, 0.15) is 16.6 Å². The SMILES string of the molecule is CC(=O)N1CC(C(=O)O)CN2CCN(C(=O)c3cccs3)CC2C1.O=C(O)C(F)(F)F. The van der Waals surface area contributed by atoms with Crippen LogP contribution in [0.15, 0.2) is 17.5 Å². The van der Waals surface area contributed by atoms with Crippen LogP contribution in [0.3, 0.4) is 0 Å². The van der Waals surface area contributed by atoms with Crippen LogP contribution in [0.2, 0.25) is 0 Å². The molecule has 2 aliphatic rings. The lowest BCUT2D eigenvalue weighted by Gasteiger charge is -2.41. The number of rotatable bonds is 2. The maximum absolute atomic E-state index is 12.6. The first-order valence-corrected chi connectivity index (χ1v) is 10.1.